The zero-order valence-corrected chi connectivity index (χ0v) is 15.3. The summed E-state index contributed by atoms with van der Waals surface area (Å²) < 4.78 is 11.4. The highest BCUT2D eigenvalue weighted by Crippen LogP contribution is 2.28. The van der Waals surface area contributed by atoms with E-state index < -0.39 is 6.10 Å². The molecule has 6 nitrogen and oxygen atoms in total. The van der Waals surface area contributed by atoms with Gasteiger partial charge in [0.05, 0.1) is 19.0 Å². The van der Waals surface area contributed by atoms with Gasteiger partial charge in [0.25, 0.3) is 0 Å². The second-order valence-corrected chi connectivity index (χ2v) is 7.67. The van der Waals surface area contributed by atoms with Gasteiger partial charge < -0.3 is 19.6 Å². The Labute approximate surface area is 154 Å². The molecule has 0 saturated heterocycles. The Bertz CT molecular complexity index is 777. The molecule has 0 amide bonds. The molecule has 1 unspecified atom stereocenters. The van der Waals surface area contributed by atoms with E-state index in [2.05, 4.69) is 15.5 Å². The SMILES string of the molecule is Cc1cccc(Nc2nnc(SCC(O)COCc3ccco3)s2)c1. The number of aromatic nitrogens is 2. The molecule has 2 N–H and O–H groups in total. The Kier molecular flexibility index (Phi) is 6.46. The molecule has 25 heavy (non-hydrogen) atoms. The summed E-state index contributed by atoms with van der Waals surface area (Å²) in [7, 11) is 0. The minimum Gasteiger partial charge on any atom is -0.467 e. The van der Waals surface area contributed by atoms with Crippen LogP contribution in [0.4, 0.5) is 10.8 Å². The predicted molar refractivity (Wildman–Crippen MR) is 99.5 cm³/mol. The summed E-state index contributed by atoms with van der Waals surface area (Å²) in [5.74, 6) is 1.24. The number of aryl methyl sites for hydroxylation is 1. The van der Waals surface area contributed by atoms with Crippen LogP contribution in [0.25, 0.3) is 0 Å². The zero-order valence-electron chi connectivity index (χ0n) is 13.7. The number of hydrogen-bond acceptors (Lipinski definition) is 8. The molecule has 0 aliphatic carbocycles. The van der Waals surface area contributed by atoms with Crippen LogP contribution in [0.15, 0.2) is 51.4 Å². The van der Waals surface area contributed by atoms with E-state index in [1.54, 1.807) is 6.26 Å². The van der Waals surface area contributed by atoms with Crippen LogP contribution < -0.4 is 5.32 Å². The standard InChI is InChI=1S/C17H19N3O3S2/c1-12-4-2-5-13(8-12)18-16-19-20-17(25-16)24-11-14(21)9-22-10-15-6-3-7-23-15/h2-8,14,21H,9-11H2,1H3,(H,18,19). The molecule has 2 heterocycles. The van der Waals surface area contributed by atoms with E-state index >= 15 is 0 Å². The highest BCUT2D eigenvalue weighted by Gasteiger charge is 2.10. The van der Waals surface area contributed by atoms with Gasteiger partial charge in [-0.15, -0.1) is 10.2 Å². The Morgan fingerprint density at radius 1 is 1.32 bits per heavy atom. The largest absolute Gasteiger partial charge is 0.467 e. The molecule has 2 aromatic heterocycles. The van der Waals surface area contributed by atoms with Crippen LogP contribution in [0.3, 0.4) is 0 Å². The zero-order chi connectivity index (χ0) is 17.5. The summed E-state index contributed by atoms with van der Waals surface area (Å²) in [6, 6.07) is 11.7. The van der Waals surface area contributed by atoms with E-state index in [-0.39, 0.29) is 6.61 Å². The quantitative estimate of drug-likeness (QED) is 0.548. The van der Waals surface area contributed by atoms with E-state index in [0.717, 1.165) is 20.9 Å². The summed E-state index contributed by atoms with van der Waals surface area (Å²) >= 11 is 2.92. The Morgan fingerprint density at radius 3 is 3.04 bits per heavy atom. The minimum atomic E-state index is -0.572. The third kappa shape index (κ3) is 5.86. The van der Waals surface area contributed by atoms with Gasteiger partial charge in [-0.2, -0.15) is 0 Å². The molecular weight excluding hydrogens is 358 g/mol. The lowest BCUT2D eigenvalue weighted by Gasteiger charge is -2.08. The topological polar surface area (TPSA) is 80.4 Å². The average Bonchev–Trinajstić information content (AvgIpc) is 3.25. The molecule has 3 aromatic rings. The van der Waals surface area contributed by atoms with Crippen molar-refractivity contribution in [1.29, 1.82) is 0 Å². The maximum Gasteiger partial charge on any atom is 0.210 e. The average molecular weight is 377 g/mol. The summed E-state index contributed by atoms with van der Waals surface area (Å²) in [5.41, 5.74) is 2.17. The van der Waals surface area contributed by atoms with E-state index in [1.165, 1.54) is 28.7 Å². The summed E-state index contributed by atoms with van der Waals surface area (Å²) in [6.07, 6.45) is 1.03. The highest BCUT2D eigenvalue weighted by atomic mass is 32.2. The molecule has 1 aromatic carbocycles. The number of ether oxygens (including phenoxy) is 1. The summed E-state index contributed by atoms with van der Waals surface area (Å²) in [4.78, 5) is 0. The molecule has 8 heteroatoms. The van der Waals surface area contributed by atoms with Gasteiger partial charge in [-0.1, -0.05) is 35.2 Å². The van der Waals surface area contributed by atoms with E-state index in [1.807, 2.05) is 43.3 Å². The van der Waals surface area contributed by atoms with Gasteiger partial charge in [-0.05, 0) is 36.8 Å². The monoisotopic (exact) mass is 377 g/mol. The van der Waals surface area contributed by atoms with E-state index in [4.69, 9.17) is 9.15 Å². The number of nitrogens with zero attached hydrogens (tertiary/aromatic N) is 2. The number of benzene rings is 1. The first-order chi connectivity index (χ1) is 12.2. The van der Waals surface area contributed by atoms with Crippen molar-refractivity contribution in [2.45, 2.75) is 24.0 Å². The normalized spacial score (nSPS) is 12.2. The molecule has 0 fully saturated rings. The Balaban J connectivity index is 1.40. The van der Waals surface area contributed by atoms with Crippen LogP contribution in [0, 0.1) is 6.92 Å². The van der Waals surface area contributed by atoms with E-state index in [9.17, 15) is 5.11 Å². The molecule has 0 bridgehead atoms. The number of hydrogen-bond donors (Lipinski definition) is 2. The molecule has 0 spiro atoms. The first kappa shape index (κ1) is 17.9. The van der Waals surface area contributed by atoms with Crippen molar-refractivity contribution in [2.75, 3.05) is 17.7 Å². The maximum absolute atomic E-state index is 9.98. The van der Waals surface area contributed by atoms with Crippen LogP contribution >= 0.6 is 23.1 Å². The third-order valence-electron chi connectivity index (χ3n) is 3.21. The lowest BCUT2D eigenvalue weighted by Crippen LogP contribution is -2.17. The van der Waals surface area contributed by atoms with Crippen molar-refractivity contribution < 1.29 is 14.3 Å². The van der Waals surface area contributed by atoms with Crippen LogP contribution in [-0.4, -0.2) is 33.8 Å². The minimum absolute atomic E-state index is 0.251. The van der Waals surface area contributed by atoms with Crippen molar-refractivity contribution in [2.24, 2.45) is 0 Å². The van der Waals surface area contributed by atoms with Crippen LogP contribution in [0.2, 0.25) is 0 Å². The van der Waals surface area contributed by atoms with Gasteiger partial charge in [0.15, 0.2) is 4.34 Å². The van der Waals surface area contributed by atoms with Gasteiger partial charge in [-0.25, -0.2) is 0 Å². The van der Waals surface area contributed by atoms with Crippen molar-refractivity contribution >= 4 is 33.9 Å². The van der Waals surface area contributed by atoms with Gasteiger partial charge in [-0.3, -0.25) is 0 Å². The molecule has 0 aliphatic heterocycles. The highest BCUT2D eigenvalue weighted by molar-refractivity contribution is 8.01. The second kappa shape index (κ2) is 9.00. The van der Waals surface area contributed by atoms with Gasteiger partial charge >= 0.3 is 0 Å². The number of rotatable bonds is 9. The molecule has 1 atom stereocenters. The fourth-order valence-electron chi connectivity index (χ4n) is 2.07. The van der Waals surface area contributed by atoms with Gasteiger partial charge in [0, 0.05) is 11.4 Å². The van der Waals surface area contributed by atoms with Crippen LogP contribution in [-0.2, 0) is 11.3 Å². The molecule has 3 rings (SSSR count). The second-order valence-electron chi connectivity index (χ2n) is 5.43. The first-order valence-corrected chi connectivity index (χ1v) is 9.57. The molecule has 0 saturated carbocycles. The number of aliphatic hydroxyl groups excluding tert-OH is 1. The molecule has 0 aliphatic rings. The van der Waals surface area contributed by atoms with Crippen LogP contribution in [0.1, 0.15) is 11.3 Å². The lowest BCUT2D eigenvalue weighted by molar-refractivity contribution is 0.0328. The molecule has 132 valence electrons. The predicted octanol–water partition coefficient (Wildman–Crippen LogP) is 3.85. The van der Waals surface area contributed by atoms with Crippen molar-refractivity contribution in [1.82, 2.24) is 10.2 Å². The van der Waals surface area contributed by atoms with E-state index in [0.29, 0.717) is 12.4 Å². The number of aliphatic hydroxyl groups is 1. The lowest BCUT2D eigenvalue weighted by atomic mass is 10.2. The van der Waals surface area contributed by atoms with Gasteiger partial charge in [0.1, 0.15) is 12.4 Å². The fraction of sp³-hybridized carbons (Fsp3) is 0.294. The number of nitrogens with one attached hydrogen (secondary N) is 1. The maximum atomic E-state index is 9.98. The number of furan rings is 1. The fourth-order valence-corrected chi connectivity index (χ4v) is 3.77. The first-order valence-electron chi connectivity index (χ1n) is 7.77. The van der Waals surface area contributed by atoms with Crippen LogP contribution in [0.5, 0.6) is 0 Å². The smallest absolute Gasteiger partial charge is 0.210 e. The van der Waals surface area contributed by atoms with Gasteiger partial charge in [0.2, 0.25) is 5.13 Å². The van der Waals surface area contributed by atoms with Crippen molar-refractivity contribution in [3.8, 4) is 0 Å². The van der Waals surface area contributed by atoms with Crippen molar-refractivity contribution in [3.63, 3.8) is 0 Å². The Hall–Kier alpha value is -1.87. The number of thioether (sulfide) groups is 1. The van der Waals surface area contributed by atoms with Crippen molar-refractivity contribution in [3.05, 3.63) is 54.0 Å². The molecular formula is C17H19N3O3S2. The summed E-state index contributed by atoms with van der Waals surface area (Å²) in [6.45, 7) is 2.65. The molecule has 0 radical (unpaired) electrons. The Morgan fingerprint density at radius 2 is 2.24 bits per heavy atom. The third-order valence-corrected chi connectivity index (χ3v) is 5.33. The number of anilines is 2. The summed E-state index contributed by atoms with van der Waals surface area (Å²) in [5, 5.41) is 22.2.